The van der Waals surface area contributed by atoms with E-state index in [-0.39, 0.29) is 37.0 Å². The molecule has 23 heavy (non-hydrogen) atoms. The highest BCUT2D eigenvalue weighted by Crippen LogP contribution is 2.22. The molecule has 1 N–H and O–H groups in total. The largest absolute Gasteiger partial charge is 0.481 e. The van der Waals surface area contributed by atoms with Crippen LogP contribution in [0.25, 0.3) is 0 Å². The summed E-state index contributed by atoms with van der Waals surface area (Å²) in [4.78, 5) is 37.1. The molecule has 2 rings (SSSR count). The van der Waals surface area contributed by atoms with Crippen molar-refractivity contribution in [3.8, 4) is 0 Å². The van der Waals surface area contributed by atoms with E-state index in [0.717, 1.165) is 24.0 Å². The average Bonchev–Trinajstić information content (AvgIpc) is 2.94. The zero-order valence-electron chi connectivity index (χ0n) is 13.7. The normalized spacial score (nSPS) is 17.3. The van der Waals surface area contributed by atoms with Gasteiger partial charge in [-0.15, -0.1) is 0 Å². The number of carbonyl (C=O) groups is 3. The molecule has 0 bridgehead atoms. The van der Waals surface area contributed by atoms with Crippen LogP contribution in [-0.2, 0) is 9.59 Å². The molecular weight excluding hydrogens is 294 g/mol. The van der Waals surface area contributed by atoms with Crippen molar-refractivity contribution >= 4 is 17.7 Å². The summed E-state index contributed by atoms with van der Waals surface area (Å²) in [5.74, 6) is -1.04. The number of Topliss-reactive ketones (excluding diaryl/α,β-unsaturated/α-hetero) is 1. The summed E-state index contributed by atoms with van der Waals surface area (Å²) in [5.41, 5.74) is 2.60. The first-order valence-corrected chi connectivity index (χ1v) is 8.00. The van der Waals surface area contributed by atoms with Gasteiger partial charge in [0.05, 0.1) is 6.42 Å². The minimum absolute atomic E-state index is 0.0172. The lowest BCUT2D eigenvalue weighted by Crippen LogP contribution is -2.36. The van der Waals surface area contributed by atoms with Gasteiger partial charge in [0.15, 0.2) is 5.78 Å². The minimum Gasteiger partial charge on any atom is -0.481 e. The van der Waals surface area contributed by atoms with E-state index in [1.807, 2.05) is 32.0 Å². The number of rotatable bonds is 6. The van der Waals surface area contributed by atoms with Crippen LogP contribution in [0.3, 0.4) is 0 Å². The maximum absolute atomic E-state index is 12.3. The molecule has 1 aliphatic heterocycles. The van der Waals surface area contributed by atoms with E-state index in [1.165, 1.54) is 0 Å². The third-order valence-corrected chi connectivity index (χ3v) is 4.37. The summed E-state index contributed by atoms with van der Waals surface area (Å²) in [5, 5.41) is 8.90. The van der Waals surface area contributed by atoms with Crippen molar-refractivity contribution in [2.75, 3.05) is 6.54 Å². The lowest BCUT2D eigenvalue weighted by molar-refractivity contribution is -0.139. The second-order valence-corrected chi connectivity index (χ2v) is 6.22. The number of ketones is 1. The number of carboxylic acids is 1. The number of likely N-dealkylation sites (tertiary alicyclic amines) is 1. The molecule has 1 aromatic rings. The first-order chi connectivity index (χ1) is 10.9. The Balaban J connectivity index is 1.94. The SMILES string of the molecule is Cc1ccc(C)c(C(=O)CCC(=O)N2CCCC2CC(=O)O)c1. The number of aliphatic carboxylic acids is 1. The maximum Gasteiger partial charge on any atom is 0.305 e. The Morgan fingerprint density at radius 3 is 2.65 bits per heavy atom. The first kappa shape index (κ1) is 17.2. The van der Waals surface area contributed by atoms with E-state index < -0.39 is 5.97 Å². The lowest BCUT2D eigenvalue weighted by atomic mass is 9.99. The van der Waals surface area contributed by atoms with E-state index in [9.17, 15) is 14.4 Å². The van der Waals surface area contributed by atoms with Crippen LogP contribution in [0.15, 0.2) is 18.2 Å². The lowest BCUT2D eigenvalue weighted by Gasteiger charge is -2.23. The summed E-state index contributed by atoms with van der Waals surface area (Å²) < 4.78 is 0. The Hall–Kier alpha value is -2.17. The number of aryl methyl sites for hydroxylation is 2. The number of hydrogen-bond acceptors (Lipinski definition) is 3. The Morgan fingerprint density at radius 1 is 1.22 bits per heavy atom. The molecule has 124 valence electrons. The van der Waals surface area contributed by atoms with Crippen LogP contribution in [0.5, 0.6) is 0 Å². The topological polar surface area (TPSA) is 74.7 Å². The molecule has 5 heteroatoms. The van der Waals surface area contributed by atoms with Crippen LogP contribution in [0, 0.1) is 13.8 Å². The van der Waals surface area contributed by atoms with Crippen molar-refractivity contribution in [2.24, 2.45) is 0 Å². The predicted octanol–water partition coefficient (Wildman–Crippen LogP) is 2.73. The van der Waals surface area contributed by atoms with E-state index in [4.69, 9.17) is 5.11 Å². The van der Waals surface area contributed by atoms with Crippen LogP contribution in [-0.4, -0.2) is 40.3 Å². The third kappa shape index (κ3) is 4.41. The highest BCUT2D eigenvalue weighted by molar-refractivity contribution is 5.99. The molecule has 1 atom stereocenters. The van der Waals surface area contributed by atoms with E-state index in [0.29, 0.717) is 12.1 Å². The maximum atomic E-state index is 12.3. The zero-order valence-corrected chi connectivity index (χ0v) is 13.7. The smallest absolute Gasteiger partial charge is 0.305 e. The van der Waals surface area contributed by atoms with Gasteiger partial charge in [-0.3, -0.25) is 14.4 Å². The van der Waals surface area contributed by atoms with E-state index in [1.54, 1.807) is 4.90 Å². The van der Waals surface area contributed by atoms with Gasteiger partial charge in [0, 0.05) is 31.0 Å². The van der Waals surface area contributed by atoms with Gasteiger partial charge >= 0.3 is 5.97 Å². The Morgan fingerprint density at radius 2 is 1.96 bits per heavy atom. The van der Waals surface area contributed by atoms with Crippen molar-refractivity contribution in [3.63, 3.8) is 0 Å². The fraction of sp³-hybridized carbons (Fsp3) is 0.500. The van der Waals surface area contributed by atoms with Gasteiger partial charge in [-0.2, -0.15) is 0 Å². The second-order valence-electron chi connectivity index (χ2n) is 6.22. The Bertz CT molecular complexity index is 623. The van der Waals surface area contributed by atoms with Crippen molar-refractivity contribution in [2.45, 2.75) is 52.0 Å². The van der Waals surface area contributed by atoms with Crippen LogP contribution >= 0.6 is 0 Å². The summed E-state index contributed by atoms with van der Waals surface area (Å²) in [6.07, 6.45) is 1.84. The molecule has 0 radical (unpaired) electrons. The van der Waals surface area contributed by atoms with Crippen molar-refractivity contribution in [1.82, 2.24) is 4.90 Å². The molecular formula is C18H23NO4. The molecule has 0 aliphatic carbocycles. The summed E-state index contributed by atoms with van der Waals surface area (Å²) >= 11 is 0. The van der Waals surface area contributed by atoms with Gasteiger partial charge < -0.3 is 10.0 Å². The van der Waals surface area contributed by atoms with E-state index in [2.05, 4.69) is 0 Å². The standard InChI is InChI=1S/C18H23NO4/c1-12-5-6-13(2)15(10-12)16(20)7-8-17(21)19-9-3-4-14(19)11-18(22)23/h5-6,10,14H,3-4,7-9,11H2,1-2H3,(H,22,23). The van der Waals surface area contributed by atoms with Crippen molar-refractivity contribution < 1.29 is 19.5 Å². The highest BCUT2D eigenvalue weighted by Gasteiger charge is 2.30. The molecule has 1 unspecified atom stereocenters. The zero-order chi connectivity index (χ0) is 17.0. The molecule has 1 amide bonds. The summed E-state index contributed by atoms with van der Waals surface area (Å²) in [6.45, 7) is 4.41. The summed E-state index contributed by atoms with van der Waals surface area (Å²) in [7, 11) is 0. The van der Waals surface area contributed by atoms with Gasteiger partial charge in [-0.25, -0.2) is 0 Å². The Labute approximate surface area is 136 Å². The summed E-state index contributed by atoms with van der Waals surface area (Å²) in [6, 6.07) is 5.49. The molecule has 1 aliphatic rings. The van der Waals surface area contributed by atoms with Gasteiger partial charge in [0.25, 0.3) is 0 Å². The molecule has 0 saturated carbocycles. The fourth-order valence-corrected chi connectivity index (χ4v) is 3.11. The quantitative estimate of drug-likeness (QED) is 0.819. The fourth-order valence-electron chi connectivity index (χ4n) is 3.11. The van der Waals surface area contributed by atoms with Gasteiger partial charge in [-0.05, 0) is 38.3 Å². The van der Waals surface area contributed by atoms with E-state index >= 15 is 0 Å². The number of hydrogen-bond donors (Lipinski definition) is 1. The van der Waals surface area contributed by atoms with Crippen LogP contribution in [0.4, 0.5) is 0 Å². The number of amides is 1. The van der Waals surface area contributed by atoms with Crippen LogP contribution in [0.1, 0.15) is 53.6 Å². The molecule has 5 nitrogen and oxygen atoms in total. The molecule has 0 spiro atoms. The average molecular weight is 317 g/mol. The minimum atomic E-state index is -0.888. The van der Waals surface area contributed by atoms with Crippen LogP contribution < -0.4 is 0 Å². The number of benzene rings is 1. The third-order valence-electron chi connectivity index (χ3n) is 4.37. The molecule has 0 aromatic heterocycles. The molecule has 1 fully saturated rings. The first-order valence-electron chi connectivity index (χ1n) is 8.00. The Kier molecular flexibility index (Phi) is 5.53. The number of carboxylic acid groups (broad SMARTS) is 1. The monoisotopic (exact) mass is 317 g/mol. The van der Waals surface area contributed by atoms with Gasteiger partial charge in [0.2, 0.25) is 5.91 Å². The van der Waals surface area contributed by atoms with Gasteiger partial charge in [-0.1, -0.05) is 17.7 Å². The number of nitrogens with zero attached hydrogens (tertiary/aromatic N) is 1. The molecule has 1 heterocycles. The highest BCUT2D eigenvalue weighted by atomic mass is 16.4. The van der Waals surface area contributed by atoms with Crippen LogP contribution in [0.2, 0.25) is 0 Å². The second kappa shape index (κ2) is 7.40. The van der Waals surface area contributed by atoms with Crippen molar-refractivity contribution in [1.29, 1.82) is 0 Å². The molecule has 1 saturated heterocycles. The van der Waals surface area contributed by atoms with Gasteiger partial charge in [0.1, 0.15) is 0 Å². The van der Waals surface area contributed by atoms with Crippen molar-refractivity contribution in [3.05, 3.63) is 34.9 Å². The number of carbonyl (C=O) groups excluding carboxylic acids is 2. The predicted molar refractivity (Wildman–Crippen MR) is 86.5 cm³/mol. The molecule has 1 aromatic carbocycles.